The molecule has 1 aromatic heterocycles. The van der Waals surface area contributed by atoms with Crippen molar-refractivity contribution in [2.45, 2.75) is 32.8 Å². The van der Waals surface area contributed by atoms with E-state index < -0.39 is 0 Å². The van der Waals surface area contributed by atoms with Crippen molar-refractivity contribution < 1.29 is 23.5 Å². The topological polar surface area (TPSA) is 89.5 Å². The van der Waals surface area contributed by atoms with Crippen molar-refractivity contribution in [3.63, 3.8) is 0 Å². The van der Waals surface area contributed by atoms with Crippen molar-refractivity contribution in [1.82, 2.24) is 19.4 Å². The number of carbonyl (C=O) groups excluding carboxylic acids is 1. The summed E-state index contributed by atoms with van der Waals surface area (Å²) in [6, 6.07) is 3.81. The maximum absolute atomic E-state index is 12.0. The number of ether oxygens (including phenoxy) is 2. The first-order valence-electron chi connectivity index (χ1n) is 10.3. The van der Waals surface area contributed by atoms with Gasteiger partial charge in [0.25, 0.3) is 0 Å². The molecular weight excluding hydrogens is 410 g/mol. The van der Waals surface area contributed by atoms with Crippen LogP contribution in [-0.2, 0) is 14.0 Å². The van der Waals surface area contributed by atoms with E-state index in [-0.39, 0.29) is 12.2 Å². The first-order chi connectivity index (χ1) is 14.5. The van der Waals surface area contributed by atoms with Crippen molar-refractivity contribution in [3.8, 4) is 5.88 Å². The number of carbonyl (C=O) groups is 1. The molecule has 0 aliphatic carbocycles. The molecule has 2 saturated heterocycles. The number of aromatic nitrogens is 2. The molecular formula is C19H31N5O5S. The largest absolute Gasteiger partial charge is 0.476 e. The van der Waals surface area contributed by atoms with Crippen molar-refractivity contribution in [3.05, 3.63) is 12.1 Å². The highest BCUT2D eigenvalue weighted by atomic mass is 32.2. The van der Waals surface area contributed by atoms with E-state index in [2.05, 4.69) is 24.3 Å². The van der Waals surface area contributed by atoms with Gasteiger partial charge in [-0.3, -0.25) is 0 Å². The minimum absolute atomic E-state index is 0.0902. The molecule has 2 aliphatic rings. The van der Waals surface area contributed by atoms with Gasteiger partial charge in [-0.2, -0.15) is 0 Å². The highest BCUT2D eigenvalue weighted by molar-refractivity contribution is 7.92. The molecule has 0 saturated carbocycles. The summed E-state index contributed by atoms with van der Waals surface area (Å²) in [5, 5.41) is 8.54. The van der Waals surface area contributed by atoms with Gasteiger partial charge < -0.3 is 19.3 Å². The number of anilines is 1. The van der Waals surface area contributed by atoms with Gasteiger partial charge in [0.1, 0.15) is 12.2 Å². The Kier molecular flexibility index (Phi) is 8.79. The second-order valence-electron chi connectivity index (χ2n) is 7.63. The number of piperidine rings is 1. The van der Waals surface area contributed by atoms with Crippen LogP contribution < -0.4 is 9.64 Å². The molecule has 11 heteroatoms. The minimum atomic E-state index is -0.225. The van der Waals surface area contributed by atoms with Crippen molar-refractivity contribution in [2.75, 3.05) is 57.9 Å². The normalized spacial score (nSPS) is 18.7. The highest BCUT2D eigenvalue weighted by Gasteiger charge is 2.25. The van der Waals surface area contributed by atoms with Gasteiger partial charge in [-0.25, -0.2) is 14.0 Å². The lowest BCUT2D eigenvalue weighted by molar-refractivity contribution is -0.163. The van der Waals surface area contributed by atoms with Gasteiger partial charge >= 0.3 is 6.09 Å². The van der Waals surface area contributed by atoms with Crippen molar-refractivity contribution in [2.24, 2.45) is 5.92 Å². The fraction of sp³-hybridized carbons (Fsp3) is 0.737. The van der Waals surface area contributed by atoms with Crippen LogP contribution in [0.5, 0.6) is 5.88 Å². The molecule has 3 rings (SSSR count). The number of hydrogen-bond donors (Lipinski definition) is 0. The SMILES string of the molecule is COOSN1CCN(c2ccc(OCC3CCN(C(=O)OC(C)C)CC3)nn2)CC1. The van der Waals surface area contributed by atoms with E-state index in [0.717, 1.165) is 44.8 Å². The second-order valence-corrected chi connectivity index (χ2v) is 8.43. The molecule has 1 amide bonds. The van der Waals surface area contributed by atoms with Gasteiger partial charge in [0, 0.05) is 45.3 Å². The third-order valence-electron chi connectivity index (χ3n) is 5.07. The lowest BCUT2D eigenvalue weighted by Gasteiger charge is -2.33. The van der Waals surface area contributed by atoms with Crippen LogP contribution in [0, 0.1) is 5.92 Å². The number of nitrogens with zero attached hydrogens (tertiary/aromatic N) is 5. The van der Waals surface area contributed by atoms with Crippen LogP contribution in [0.2, 0.25) is 0 Å². The molecule has 0 bridgehead atoms. The smallest absolute Gasteiger partial charge is 0.410 e. The lowest BCUT2D eigenvalue weighted by atomic mass is 9.98. The van der Waals surface area contributed by atoms with Crippen LogP contribution in [0.1, 0.15) is 26.7 Å². The minimum Gasteiger partial charge on any atom is -0.476 e. The summed E-state index contributed by atoms with van der Waals surface area (Å²) in [5.41, 5.74) is 0. The lowest BCUT2D eigenvalue weighted by Crippen LogP contribution is -2.44. The Morgan fingerprint density at radius 3 is 2.47 bits per heavy atom. The number of rotatable bonds is 8. The Labute approximate surface area is 182 Å². The molecule has 3 heterocycles. The molecule has 0 spiro atoms. The van der Waals surface area contributed by atoms with Crippen LogP contribution in [0.15, 0.2) is 12.1 Å². The Morgan fingerprint density at radius 2 is 1.87 bits per heavy atom. The molecule has 2 aliphatic heterocycles. The molecule has 0 radical (unpaired) electrons. The van der Waals surface area contributed by atoms with Crippen LogP contribution in [0.4, 0.5) is 10.6 Å². The number of hydrogen-bond acceptors (Lipinski definition) is 10. The Hall–Kier alpha value is -1.82. The Morgan fingerprint density at radius 1 is 1.13 bits per heavy atom. The van der Waals surface area contributed by atoms with Crippen molar-refractivity contribution in [1.29, 1.82) is 0 Å². The Bertz CT molecular complexity index is 649. The molecule has 1 aromatic rings. The molecule has 0 N–H and O–H groups in total. The highest BCUT2D eigenvalue weighted by Crippen LogP contribution is 2.21. The number of piperazine rings is 1. The fourth-order valence-corrected chi connectivity index (χ4v) is 3.84. The summed E-state index contributed by atoms with van der Waals surface area (Å²) in [5.74, 6) is 1.77. The van der Waals surface area contributed by atoms with Gasteiger partial charge in [0.05, 0.1) is 19.8 Å². The van der Waals surface area contributed by atoms with E-state index in [1.165, 1.54) is 19.3 Å². The summed E-state index contributed by atoms with van der Waals surface area (Å²) in [4.78, 5) is 20.5. The molecule has 0 unspecified atom stereocenters. The summed E-state index contributed by atoms with van der Waals surface area (Å²) < 4.78 is 18.1. The van der Waals surface area contributed by atoms with Crippen LogP contribution in [-0.4, -0.2) is 84.6 Å². The van der Waals surface area contributed by atoms with E-state index in [1.807, 2.05) is 26.0 Å². The van der Waals surface area contributed by atoms with Gasteiger partial charge in [0.15, 0.2) is 5.82 Å². The average Bonchev–Trinajstić information content (AvgIpc) is 2.77. The van der Waals surface area contributed by atoms with Gasteiger partial charge in [-0.15, -0.1) is 14.5 Å². The van der Waals surface area contributed by atoms with Crippen LogP contribution >= 0.6 is 12.2 Å². The van der Waals surface area contributed by atoms with Gasteiger partial charge in [-0.05, 0) is 38.7 Å². The maximum atomic E-state index is 12.0. The average molecular weight is 442 g/mol. The fourth-order valence-electron chi connectivity index (χ4n) is 3.39. The molecule has 10 nitrogen and oxygen atoms in total. The molecule has 2 fully saturated rings. The maximum Gasteiger partial charge on any atom is 0.410 e. The predicted molar refractivity (Wildman–Crippen MR) is 113 cm³/mol. The molecule has 168 valence electrons. The molecule has 0 aromatic carbocycles. The van der Waals surface area contributed by atoms with Crippen molar-refractivity contribution >= 4 is 24.1 Å². The van der Waals surface area contributed by atoms with E-state index in [4.69, 9.17) is 13.8 Å². The standard InChI is InChI=1S/C19H31N5O5S/c1-15(2)28-19(25)23-8-6-16(7-9-23)14-27-18-5-4-17(20-21-18)22-10-12-24(13-11-22)30-29-26-3/h4-5,15-16H,6-14H2,1-3H3. The van der Waals surface area contributed by atoms with Crippen LogP contribution in [0.3, 0.4) is 0 Å². The Balaban J connectivity index is 1.37. The van der Waals surface area contributed by atoms with Crippen LogP contribution in [0.25, 0.3) is 0 Å². The monoisotopic (exact) mass is 441 g/mol. The zero-order valence-electron chi connectivity index (χ0n) is 17.9. The summed E-state index contributed by atoms with van der Waals surface area (Å²) in [6.45, 7) is 9.07. The summed E-state index contributed by atoms with van der Waals surface area (Å²) >= 11 is 1.22. The first kappa shape index (κ1) is 22.9. The predicted octanol–water partition coefficient (Wildman–Crippen LogP) is 2.38. The third kappa shape index (κ3) is 6.86. The summed E-state index contributed by atoms with van der Waals surface area (Å²) in [6.07, 6.45) is 1.48. The second kappa shape index (κ2) is 11.5. The van der Waals surface area contributed by atoms with Gasteiger partial charge in [-0.1, -0.05) is 0 Å². The molecule has 0 atom stereocenters. The summed E-state index contributed by atoms with van der Waals surface area (Å²) in [7, 11) is 1.50. The molecule has 30 heavy (non-hydrogen) atoms. The van der Waals surface area contributed by atoms with Gasteiger partial charge in [0.2, 0.25) is 5.88 Å². The third-order valence-corrected chi connectivity index (χ3v) is 5.84. The van der Waals surface area contributed by atoms with E-state index >= 15 is 0 Å². The zero-order valence-corrected chi connectivity index (χ0v) is 18.7. The first-order valence-corrected chi connectivity index (χ1v) is 11.0. The van der Waals surface area contributed by atoms with E-state index in [1.54, 1.807) is 4.90 Å². The number of amides is 1. The van der Waals surface area contributed by atoms with E-state index in [9.17, 15) is 4.79 Å². The zero-order chi connectivity index (χ0) is 21.3. The van der Waals surface area contributed by atoms with E-state index in [0.29, 0.717) is 31.5 Å². The number of likely N-dealkylation sites (tertiary alicyclic amines) is 1. The quantitative estimate of drug-likeness (QED) is 0.259.